The number of carboxylic acids is 1. The van der Waals surface area contributed by atoms with Crippen LogP contribution in [0.1, 0.15) is 0 Å². The van der Waals surface area contributed by atoms with E-state index in [1.54, 1.807) is 0 Å². The first kappa shape index (κ1) is 20.3. The van der Waals surface area contributed by atoms with Crippen molar-refractivity contribution < 1.29 is 41.0 Å². The summed E-state index contributed by atoms with van der Waals surface area (Å²) in [6, 6.07) is 0. The van der Waals surface area contributed by atoms with Gasteiger partial charge < -0.3 is 9.84 Å². The maximum Gasteiger partial charge on any atom is 0.411 e. The van der Waals surface area contributed by atoms with E-state index in [4.69, 9.17) is 5.11 Å². The van der Waals surface area contributed by atoms with Crippen LogP contribution in [0.4, 0.5) is 26.3 Å². The van der Waals surface area contributed by atoms with Crippen LogP contribution in [0.15, 0.2) is 0 Å². The monoisotopic (exact) mass is 345 g/mol. The minimum absolute atomic E-state index is 0. The van der Waals surface area contributed by atoms with Crippen molar-refractivity contribution in [3.63, 3.8) is 0 Å². The molecule has 0 radical (unpaired) electrons. The van der Waals surface area contributed by atoms with Gasteiger partial charge in [-0.1, -0.05) is 0 Å². The lowest BCUT2D eigenvalue weighted by molar-refractivity contribution is -0.188. The quantitative estimate of drug-likeness (QED) is 0.613. The lowest BCUT2D eigenvalue weighted by Crippen LogP contribution is -2.33. The van der Waals surface area contributed by atoms with E-state index in [9.17, 15) is 31.1 Å². The van der Waals surface area contributed by atoms with E-state index in [1.807, 2.05) is 0 Å². The number of alkyl halides is 6. The number of hydrogen-bond acceptors (Lipinski definition) is 3. The zero-order valence-corrected chi connectivity index (χ0v) is 11.4. The summed E-state index contributed by atoms with van der Waals surface area (Å²) in [6.45, 7) is -2.96. The Morgan fingerprint density at radius 2 is 1.76 bits per heavy atom. The molecule has 1 rings (SSSR count). The number of hydrogen-bond donors (Lipinski definition) is 1. The van der Waals surface area contributed by atoms with Crippen molar-refractivity contribution in [1.82, 2.24) is 4.90 Å². The van der Waals surface area contributed by atoms with Gasteiger partial charge in [-0.25, -0.2) is 0 Å². The molecule has 1 heterocycles. The van der Waals surface area contributed by atoms with Gasteiger partial charge in [0.2, 0.25) is 0 Å². The molecule has 1 saturated heterocycles. The van der Waals surface area contributed by atoms with E-state index in [0.29, 0.717) is 0 Å². The standard InChI is InChI=1S/C10H13F6NO3.ClH/c11-9(12,13)5-20-2-1-17-3-6(8(18)19)7(4-17)10(14,15)16;/h6-7H,1-5H2,(H,18,19);1H/t6-,7-;/m1./s1. The van der Waals surface area contributed by atoms with Crippen LogP contribution in [-0.2, 0) is 9.53 Å². The molecule has 0 aromatic carbocycles. The number of ether oxygens (including phenoxy) is 1. The van der Waals surface area contributed by atoms with Gasteiger partial charge in [0, 0.05) is 19.6 Å². The second-order valence-electron chi connectivity index (χ2n) is 4.52. The van der Waals surface area contributed by atoms with Crippen LogP contribution < -0.4 is 0 Å². The van der Waals surface area contributed by atoms with Crippen molar-refractivity contribution in [2.75, 3.05) is 32.8 Å². The first-order valence-corrected chi connectivity index (χ1v) is 5.67. The van der Waals surface area contributed by atoms with Crippen molar-refractivity contribution in [3.05, 3.63) is 0 Å². The normalized spacial score (nSPS) is 23.9. The largest absolute Gasteiger partial charge is 0.481 e. The van der Waals surface area contributed by atoms with Crippen LogP contribution in [0.3, 0.4) is 0 Å². The summed E-state index contributed by atoms with van der Waals surface area (Å²) in [6.07, 6.45) is -9.15. The molecule has 0 amide bonds. The Bertz CT molecular complexity index is 349. The molecule has 2 atom stereocenters. The first-order chi connectivity index (χ1) is 9.00. The number of carboxylic acid groups (broad SMARTS) is 1. The number of aliphatic carboxylic acids is 1. The summed E-state index contributed by atoms with van der Waals surface area (Å²) in [5.41, 5.74) is 0. The van der Waals surface area contributed by atoms with Gasteiger partial charge in [-0.05, 0) is 0 Å². The van der Waals surface area contributed by atoms with Gasteiger partial charge >= 0.3 is 18.3 Å². The lowest BCUT2D eigenvalue weighted by Gasteiger charge is -2.18. The number of likely N-dealkylation sites (tertiary alicyclic amines) is 1. The number of rotatable bonds is 5. The number of halogens is 7. The van der Waals surface area contributed by atoms with Crippen molar-refractivity contribution >= 4 is 18.4 Å². The summed E-state index contributed by atoms with van der Waals surface area (Å²) in [4.78, 5) is 11.9. The van der Waals surface area contributed by atoms with E-state index in [0.717, 1.165) is 4.90 Å². The molecular formula is C10H14ClF6NO3. The Morgan fingerprint density at radius 3 is 2.14 bits per heavy atom. The maximum atomic E-state index is 12.6. The second-order valence-corrected chi connectivity index (χ2v) is 4.52. The third-order valence-electron chi connectivity index (χ3n) is 2.95. The Balaban J connectivity index is 0.00000400. The molecular weight excluding hydrogens is 332 g/mol. The summed E-state index contributed by atoms with van der Waals surface area (Å²) in [7, 11) is 0. The SMILES string of the molecule is Cl.O=C(O)[C@@H]1CN(CCOCC(F)(F)F)C[C@H]1C(F)(F)F. The average Bonchev–Trinajstić information content (AvgIpc) is 2.67. The fourth-order valence-electron chi connectivity index (χ4n) is 2.03. The molecule has 0 spiro atoms. The molecule has 1 aliphatic heterocycles. The van der Waals surface area contributed by atoms with Crippen molar-refractivity contribution in [3.8, 4) is 0 Å². The molecule has 0 bridgehead atoms. The predicted octanol–water partition coefficient (Wildman–Crippen LogP) is 2.18. The van der Waals surface area contributed by atoms with E-state index < -0.39 is 49.9 Å². The molecule has 21 heavy (non-hydrogen) atoms. The highest BCUT2D eigenvalue weighted by Gasteiger charge is 2.52. The Morgan fingerprint density at radius 1 is 1.19 bits per heavy atom. The van der Waals surface area contributed by atoms with E-state index in [2.05, 4.69) is 4.74 Å². The molecule has 0 aromatic heterocycles. The van der Waals surface area contributed by atoms with Crippen molar-refractivity contribution in [2.45, 2.75) is 12.4 Å². The van der Waals surface area contributed by atoms with Gasteiger partial charge in [0.15, 0.2) is 0 Å². The number of nitrogens with zero attached hydrogens (tertiary/aromatic N) is 1. The van der Waals surface area contributed by atoms with Crippen LogP contribution in [-0.4, -0.2) is 61.2 Å². The van der Waals surface area contributed by atoms with Gasteiger partial charge in [0.05, 0.1) is 18.4 Å². The van der Waals surface area contributed by atoms with Crippen LogP contribution >= 0.6 is 12.4 Å². The lowest BCUT2D eigenvalue weighted by atomic mass is 9.96. The minimum Gasteiger partial charge on any atom is -0.481 e. The highest BCUT2D eigenvalue weighted by atomic mass is 35.5. The highest BCUT2D eigenvalue weighted by molar-refractivity contribution is 5.85. The fourth-order valence-corrected chi connectivity index (χ4v) is 2.03. The Labute approximate surface area is 122 Å². The van der Waals surface area contributed by atoms with Gasteiger partial charge in [0.25, 0.3) is 0 Å². The zero-order chi connectivity index (χ0) is 15.6. The third-order valence-corrected chi connectivity index (χ3v) is 2.95. The van der Waals surface area contributed by atoms with Crippen molar-refractivity contribution in [1.29, 1.82) is 0 Å². The van der Waals surface area contributed by atoms with Gasteiger partial charge in [-0.3, -0.25) is 9.69 Å². The Hall–Kier alpha value is -0.740. The summed E-state index contributed by atoms with van der Waals surface area (Å²) in [5, 5.41) is 8.74. The fraction of sp³-hybridized carbons (Fsp3) is 0.900. The molecule has 126 valence electrons. The van der Waals surface area contributed by atoms with Crippen LogP contribution in [0, 0.1) is 11.8 Å². The highest BCUT2D eigenvalue weighted by Crippen LogP contribution is 2.37. The van der Waals surface area contributed by atoms with E-state index in [1.165, 1.54) is 0 Å². The molecule has 1 N–H and O–H groups in total. The molecule has 1 aliphatic rings. The van der Waals surface area contributed by atoms with Crippen LogP contribution in [0.5, 0.6) is 0 Å². The van der Waals surface area contributed by atoms with Crippen molar-refractivity contribution in [2.24, 2.45) is 11.8 Å². The molecule has 11 heteroatoms. The topological polar surface area (TPSA) is 49.8 Å². The predicted molar refractivity (Wildman–Crippen MR) is 61.2 cm³/mol. The number of carbonyl (C=O) groups is 1. The molecule has 0 aliphatic carbocycles. The molecule has 1 fully saturated rings. The van der Waals surface area contributed by atoms with Gasteiger partial charge in [-0.15, -0.1) is 12.4 Å². The third kappa shape index (κ3) is 6.70. The summed E-state index contributed by atoms with van der Waals surface area (Å²) < 4.78 is 77.5. The van der Waals surface area contributed by atoms with Gasteiger partial charge in [-0.2, -0.15) is 26.3 Å². The molecule has 4 nitrogen and oxygen atoms in total. The van der Waals surface area contributed by atoms with Crippen LogP contribution in [0.25, 0.3) is 0 Å². The van der Waals surface area contributed by atoms with Gasteiger partial charge in [0.1, 0.15) is 6.61 Å². The smallest absolute Gasteiger partial charge is 0.411 e. The molecule has 0 aromatic rings. The molecule has 0 saturated carbocycles. The Kier molecular flexibility index (Phi) is 7.24. The zero-order valence-electron chi connectivity index (χ0n) is 10.6. The summed E-state index contributed by atoms with van der Waals surface area (Å²) >= 11 is 0. The summed E-state index contributed by atoms with van der Waals surface area (Å²) in [5.74, 6) is -5.17. The average molecular weight is 346 g/mol. The minimum atomic E-state index is -4.65. The first-order valence-electron chi connectivity index (χ1n) is 5.67. The maximum absolute atomic E-state index is 12.6. The van der Waals surface area contributed by atoms with E-state index >= 15 is 0 Å². The van der Waals surface area contributed by atoms with Crippen LogP contribution in [0.2, 0.25) is 0 Å². The van der Waals surface area contributed by atoms with E-state index in [-0.39, 0.29) is 25.5 Å². The molecule has 0 unspecified atom stereocenters. The second kappa shape index (κ2) is 7.50.